The molecule has 0 bridgehead atoms. The van der Waals surface area contributed by atoms with Crippen molar-refractivity contribution in [2.75, 3.05) is 11.5 Å². The molecule has 1 aliphatic rings. The van der Waals surface area contributed by atoms with Gasteiger partial charge in [0.2, 0.25) is 0 Å². The van der Waals surface area contributed by atoms with Gasteiger partial charge in [-0.1, -0.05) is 36.4 Å². The third-order valence-corrected chi connectivity index (χ3v) is 4.90. The van der Waals surface area contributed by atoms with Crippen LogP contribution in [0.4, 0.5) is 5.69 Å². The zero-order chi connectivity index (χ0) is 20.1. The first-order chi connectivity index (χ1) is 13.5. The topological polar surface area (TPSA) is 70.5 Å². The van der Waals surface area contributed by atoms with Gasteiger partial charge < -0.3 is 4.74 Å². The van der Waals surface area contributed by atoms with E-state index in [1.54, 1.807) is 37.3 Å². The highest BCUT2D eigenvalue weighted by Crippen LogP contribution is 2.34. The second kappa shape index (κ2) is 8.71. The number of amidine groups is 1. The van der Waals surface area contributed by atoms with Gasteiger partial charge in [-0.15, -0.1) is 0 Å². The number of carbonyl (C=O) groups is 2. The van der Waals surface area contributed by atoms with Crippen LogP contribution in [0.1, 0.15) is 29.8 Å². The molecule has 5 nitrogen and oxygen atoms in total. The normalized spacial score (nSPS) is 16.0. The first-order valence-corrected chi connectivity index (χ1v) is 9.64. The summed E-state index contributed by atoms with van der Waals surface area (Å²) in [6.45, 7) is 3.97. The Hall–Kier alpha value is -3.12. The first-order valence-electron chi connectivity index (χ1n) is 8.82. The fraction of sp³-hybridized carbons (Fsp3) is 0.136. The van der Waals surface area contributed by atoms with E-state index in [1.807, 2.05) is 43.3 Å². The van der Waals surface area contributed by atoms with Crippen molar-refractivity contribution in [1.82, 2.24) is 0 Å². The van der Waals surface area contributed by atoms with E-state index in [-0.39, 0.29) is 11.1 Å². The van der Waals surface area contributed by atoms with Crippen molar-refractivity contribution in [3.05, 3.63) is 82.3 Å². The highest BCUT2D eigenvalue weighted by Gasteiger charge is 2.33. The number of amides is 1. The van der Waals surface area contributed by atoms with E-state index < -0.39 is 5.97 Å². The number of allylic oxidation sites excluding steroid dienone is 2. The van der Waals surface area contributed by atoms with Gasteiger partial charge in [-0.2, -0.15) is 0 Å². The summed E-state index contributed by atoms with van der Waals surface area (Å²) in [6, 6.07) is 16.3. The van der Waals surface area contributed by atoms with E-state index >= 15 is 0 Å². The SMILES string of the molecule is CCOC(=O)c1ccc(N2C(=N)S/C(=C\C(C)=C\c3ccccc3)C2=O)cc1. The number of esters is 1. The van der Waals surface area contributed by atoms with Crippen LogP contribution in [0.15, 0.2) is 71.2 Å². The molecule has 1 heterocycles. The Bertz CT molecular complexity index is 963. The quantitative estimate of drug-likeness (QED) is 0.582. The van der Waals surface area contributed by atoms with Crippen LogP contribution >= 0.6 is 11.8 Å². The number of anilines is 1. The standard InChI is InChI=1S/C22H20N2O3S/c1-3-27-21(26)17-9-11-18(12-10-17)24-20(25)19(28-22(24)23)14-15(2)13-16-7-5-4-6-8-16/h4-14,23H,3H2,1-2H3/b15-13+,19-14-,23-22?. The molecule has 0 unspecified atom stereocenters. The third kappa shape index (κ3) is 4.40. The molecule has 0 aliphatic carbocycles. The van der Waals surface area contributed by atoms with Gasteiger partial charge in [-0.05, 0) is 67.1 Å². The third-order valence-electron chi connectivity index (χ3n) is 4.01. The monoisotopic (exact) mass is 392 g/mol. The number of hydrogen-bond donors (Lipinski definition) is 1. The lowest BCUT2D eigenvalue weighted by Crippen LogP contribution is -2.28. The maximum Gasteiger partial charge on any atom is 0.338 e. The van der Waals surface area contributed by atoms with Crippen LogP contribution in [-0.2, 0) is 9.53 Å². The summed E-state index contributed by atoms with van der Waals surface area (Å²) in [5.74, 6) is -0.659. The van der Waals surface area contributed by atoms with Crippen LogP contribution < -0.4 is 4.90 Å². The number of hydrogen-bond acceptors (Lipinski definition) is 5. The molecule has 2 aromatic carbocycles. The molecule has 1 N–H and O–H groups in total. The maximum atomic E-state index is 12.8. The van der Waals surface area contributed by atoms with Gasteiger partial charge >= 0.3 is 5.97 Å². The Morgan fingerprint density at radius 1 is 1.14 bits per heavy atom. The minimum absolute atomic E-state index is 0.132. The second-order valence-electron chi connectivity index (χ2n) is 6.12. The van der Waals surface area contributed by atoms with Gasteiger partial charge in [0, 0.05) is 0 Å². The largest absolute Gasteiger partial charge is 0.462 e. The molecule has 1 fully saturated rings. The van der Waals surface area contributed by atoms with Crippen LogP contribution in [-0.4, -0.2) is 23.7 Å². The molecule has 2 aromatic rings. The minimum atomic E-state index is -0.409. The average molecular weight is 392 g/mol. The van der Waals surface area contributed by atoms with Gasteiger partial charge in [-0.25, -0.2) is 4.79 Å². The molecule has 28 heavy (non-hydrogen) atoms. The molecule has 1 aliphatic heterocycles. The molecule has 0 spiro atoms. The van der Waals surface area contributed by atoms with Crippen molar-refractivity contribution in [2.45, 2.75) is 13.8 Å². The van der Waals surface area contributed by atoms with Crippen LogP contribution in [0.2, 0.25) is 0 Å². The van der Waals surface area contributed by atoms with Crippen molar-refractivity contribution >= 4 is 40.6 Å². The Morgan fingerprint density at radius 3 is 2.46 bits per heavy atom. The highest BCUT2D eigenvalue weighted by molar-refractivity contribution is 8.19. The predicted octanol–water partition coefficient (Wildman–Crippen LogP) is 4.87. The predicted molar refractivity (Wildman–Crippen MR) is 113 cm³/mol. The number of nitrogens with zero attached hydrogens (tertiary/aromatic N) is 1. The Morgan fingerprint density at radius 2 is 1.82 bits per heavy atom. The highest BCUT2D eigenvalue weighted by atomic mass is 32.2. The Balaban J connectivity index is 1.80. The van der Waals surface area contributed by atoms with Gasteiger partial charge in [0.1, 0.15) is 0 Å². The molecule has 0 radical (unpaired) electrons. The van der Waals surface area contributed by atoms with E-state index in [2.05, 4.69) is 0 Å². The van der Waals surface area contributed by atoms with Crippen molar-refractivity contribution < 1.29 is 14.3 Å². The zero-order valence-corrected chi connectivity index (χ0v) is 16.5. The first kappa shape index (κ1) is 19.6. The minimum Gasteiger partial charge on any atom is -0.462 e. The molecule has 0 aromatic heterocycles. The lowest BCUT2D eigenvalue weighted by molar-refractivity contribution is -0.113. The van der Waals surface area contributed by atoms with Crippen LogP contribution in [0, 0.1) is 5.41 Å². The average Bonchev–Trinajstić information content (AvgIpc) is 2.96. The molecule has 0 saturated carbocycles. The lowest BCUT2D eigenvalue weighted by atomic mass is 10.1. The summed E-state index contributed by atoms with van der Waals surface area (Å²) in [4.78, 5) is 26.4. The fourth-order valence-corrected chi connectivity index (χ4v) is 3.65. The van der Waals surface area contributed by atoms with Crippen LogP contribution in [0.3, 0.4) is 0 Å². The number of benzene rings is 2. The maximum absolute atomic E-state index is 12.8. The van der Waals surface area contributed by atoms with Crippen molar-refractivity contribution in [3.8, 4) is 0 Å². The summed E-state index contributed by atoms with van der Waals surface area (Å²) in [5, 5.41) is 8.32. The van der Waals surface area contributed by atoms with Crippen molar-refractivity contribution in [2.24, 2.45) is 0 Å². The number of thioether (sulfide) groups is 1. The number of carbonyl (C=O) groups excluding carboxylic acids is 2. The lowest BCUT2D eigenvalue weighted by Gasteiger charge is -2.14. The smallest absolute Gasteiger partial charge is 0.338 e. The van der Waals surface area contributed by atoms with Gasteiger partial charge in [0.05, 0.1) is 22.8 Å². The number of nitrogens with one attached hydrogen (secondary N) is 1. The molecule has 0 atom stereocenters. The summed E-state index contributed by atoms with van der Waals surface area (Å²) < 4.78 is 4.96. The van der Waals surface area contributed by atoms with Gasteiger partial charge in [-0.3, -0.25) is 15.1 Å². The van der Waals surface area contributed by atoms with Crippen molar-refractivity contribution in [1.29, 1.82) is 5.41 Å². The molecule has 142 valence electrons. The fourth-order valence-electron chi connectivity index (χ4n) is 2.74. The number of rotatable bonds is 5. The molecular formula is C22H20N2O3S. The van der Waals surface area contributed by atoms with E-state index in [0.717, 1.165) is 22.9 Å². The summed E-state index contributed by atoms with van der Waals surface area (Å²) in [5.41, 5.74) is 2.93. The summed E-state index contributed by atoms with van der Waals surface area (Å²) in [6.07, 6.45) is 3.78. The summed E-state index contributed by atoms with van der Waals surface area (Å²) in [7, 11) is 0. The van der Waals surface area contributed by atoms with Crippen LogP contribution in [0.25, 0.3) is 6.08 Å². The Kier molecular flexibility index (Phi) is 6.11. The molecule has 6 heteroatoms. The van der Waals surface area contributed by atoms with Crippen LogP contribution in [0.5, 0.6) is 0 Å². The van der Waals surface area contributed by atoms with E-state index in [1.165, 1.54) is 4.90 Å². The molecule has 3 rings (SSSR count). The van der Waals surface area contributed by atoms with Crippen molar-refractivity contribution in [3.63, 3.8) is 0 Å². The van der Waals surface area contributed by atoms with E-state index in [4.69, 9.17) is 10.1 Å². The van der Waals surface area contributed by atoms with Gasteiger partial charge in [0.15, 0.2) is 5.17 Å². The number of ether oxygens (including phenoxy) is 1. The molecular weight excluding hydrogens is 372 g/mol. The molecule has 1 amide bonds. The van der Waals surface area contributed by atoms with Gasteiger partial charge in [0.25, 0.3) is 5.91 Å². The molecule has 1 saturated heterocycles. The second-order valence-corrected chi connectivity index (χ2v) is 7.15. The zero-order valence-electron chi connectivity index (χ0n) is 15.6. The van der Waals surface area contributed by atoms with E-state index in [9.17, 15) is 9.59 Å². The van der Waals surface area contributed by atoms with E-state index in [0.29, 0.717) is 22.8 Å². The Labute approximate surface area is 168 Å². The summed E-state index contributed by atoms with van der Waals surface area (Å²) >= 11 is 1.12.